The summed E-state index contributed by atoms with van der Waals surface area (Å²) in [5.74, 6) is -0.513. The largest absolute Gasteiger partial charge is 0.409 e. The Morgan fingerprint density at radius 3 is 2.83 bits per heavy atom. The molecule has 1 aromatic heterocycles. The Labute approximate surface area is 104 Å². The number of carbonyl (C=O) groups is 1. The van der Waals surface area contributed by atoms with Crippen LogP contribution in [0.15, 0.2) is 28.3 Å². The molecule has 0 aliphatic rings. The summed E-state index contributed by atoms with van der Waals surface area (Å²) < 4.78 is 1.36. The van der Waals surface area contributed by atoms with Crippen molar-refractivity contribution in [3.8, 4) is 0 Å². The topological polar surface area (TPSA) is 110 Å². The van der Waals surface area contributed by atoms with Gasteiger partial charge in [-0.25, -0.2) is 0 Å². The van der Waals surface area contributed by atoms with Crippen LogP contribution in [-0.2, 0) is 7.05 Å². The number of nitrogens with zero attached hydrogens (tertiary/aromatic N) is 2. The normalized spacial score (nSPS) is 13.1. The van der Waals surface area contributed by atoms with E-state index < -0.39 is 11.9 Å². The molecule has 4 N–H and O–H groups in total. The molecule has 1 aromatic rings. The number of carbonyl (C=O) groups excluding carboxylic acids is 1. The third kappa shape index (κ3) is 3.09. The average molecular weight is 252 g/mol. The lowest BCUT2D eigenvalue weighted by Crippen LogP contribution is -2.44. The van der Waals surface area contributed by atoms with Gasteiger partial charge >= 0.3 is 0 Å². The number of aromatic nitrogens is 1. The van der Waals surface area contributed by atoms with Crippen molar-refractivity contribution in [2.45, 2.75) is 19.4 Å². The number of hydrogen-bond donors (Lipinski definition) is 3. The van der Waals surface area contributed by atoms with Gasteiger partial charge < -0.3 is 20.8 Å². The highest BCUT2D eigenvalue weighted by molar-refractivity contribution is 5.98. The van der Waals surface area contributed by atoms with Crippen LogP contribution in [0.1, 0.15) is 23.7 Å². The molecule has 1 atom stereocenters. The number of rotatable bonds is 4. The molecule has 0 spiro atoms. The zero-order valence-corrected chi connectivity index (χ0v) is 10.3. The summed E-state index contributed by atoms with van der Waals surface area (Å²) >= 11 is 0. The van der Waals surface area contributed by atoms with E-state index in [0.29, 0.717) is 6.42 Å². The van der Waals surface area contributed by atoms with Gasteiger partial charge in [0.1, 0.15) is 0 Å². The van der Waals surface area contributed by atoms with Crippen molar-refractivity contribution in [3.05, 3.63) is 34.2 Å². The van der Waals surface area contributed by atoms with Crippen molar-refractivity contribution < 1.29 is 10.0 Å². The molecule has 0 bridgehead atoms. The van der Waals surface area contributed by atoms with E-state index in [1.54, 1.807) is 14.0 Å². The number of aryl methyl sites for hydroxylation is 1. The summed E-state index contributed by atoms with van der Waals surface area (Å²) in [5.41, 5.74) is 5.39. The monoisotopic (exact) mass is 252 g/mol. The van der Waals surface area contributed by atoms with Gasteiger partial charge in [0.2, 0.25) is 0 Å². The van der Waals surface area contributed by atoms with E-state index in [2.05, 4.69) is 10.5 Å². The number of pyridine rings is 1. The van der Waals surface area contributed by atoms with E-state index >= 15 is 0 Å². The Hall–Kier alpha value is -2.31. The fourth-order valence-corrected chi connectivity index (χ4v) is 1.39. The first kappa shape index (κ1) is 13.8. The molecule has 7 heteroatoms. The van der Waals surface area contributed by atoms with Gasteiger partial charge in [-0.2, -0.15) is 0 Å². The highest BCUT2D eigenvalue weighted by Gasteiger charge is 2.16. The Balaban J connectivity index is 2.88. The first-order valence-corrected chi connectivity index (χ1v) is 5.44. The molecule has 0 aliphatic heterocycles. The summed E-state index contributed by atoms with van der Waals surface area (Å²) in [6.45, 7) is 1.78. The lowest BCUT2D eigenvalue weighted by molar-refractivity contribution is 0.0945. The maximum Gasteiger partial charge on any atom is 0.252 e. The second-order valence-corrected chi connectivity index (χ2v) is 3.82. The standard InChI is InChI=1S/C11H16N4O3/c1-3-8(10(12)14-18)13-11(17)7-4-5-15(2)9(16)6-7/h4-6,8,18H,3H2,1-2H3,(H2,12,14)(H,13,17). The third-order valence-corrected chi connectivity index (χ3v) is 2.55. The first-order chi connectivity index (χ1) is 8.49. The molecule has 7 nitrogen and oxygen atoms in total. The number of hydrogen-bond acceptors (Lipinski definition) is 4. The Bertz CT molecular complexity index is 521. The average Bonchev–Trinajstić information content (AvgIpc) is 2.37. The molecule has 0 fully saturated rings. The minimum Gasteiger partial charge on any atom is -0.409 e. The minimum absolute atomic E-state index is 0.0744. The maximum absolute atomic E-state index is 11.8. The summed E-state index contributed by atoms with van der Waals surface area (Å²) in [7, 11) is 1.59. The lowest BCUT2D eigenvalue weighted by Gasteiger charge is -2.15. The zero-order valence-electron chi connectivity index (χ0n) is 10.3. The van der Waals surface area contributed by atoms with Gasteiger partial charge in [-0.3, -0.25) is 9.59 Å². The molecule has 1 heterocycles. The van der Waals surface area contributed by atoms with Crippen LogP contribution < -0.4 is 16.6 Å². The fraction of sp³-hybridized carbons (Fsp3) is 0.364. The van der Waals surface area contributed by atoms with E-state index in [4.69, 9.17) is 10.9 Å². The molecular weight excluding hydrogens is 236 g/mol. The molecule has 1 unspecified atom stereocenters. The summed E-state index contributed by atoms with van der Waals surface area (Å²) in [6.07, 6.45) is 1.98. The molecule has 18 heavy (non-hydrogen) atoms. The molecule has 0 aromatic carbocycles. The lowest BCUT2D eigenvalue weighted by atomic mass is 10.2. The van der Waals surface area contributed by atoms with Crippen LogP contribution in [0.4, 0.5) is 0 Å². The van der Waals surface area contributed by atoms with E-state index in [9.17, 15) is 9.59 Å². The summed E-state index contributed by atoms with van der Waals surface area (Å²) in [4.78, 5) is 23.2. The minimum atomic E-state index is -0.563. The van der Waals surface area contributed by atoms with Crippen LogP contribution in [0.5, 0.6) is 0 Å². The van der Waals surface area contributed by atoms with Crippen molar-refractivity contribution in [3.63, 3.8) is 0 Å². The highest BCUT2D eigenvalue weighted by Crippen LogP contribution is 1.98. The van der Waals surface area contributed by atoms with Gasteiger partial charge in [0.25, 0.3) is 11.5 Å². The fourth-order valence-electron chi connectivity index (χ4n) is 1.39. The van der Waals surface area contributed by atoms with Gasteiger partial charge in [-0.1, -0.05) is 12.1 Å². The molecule has 0 aliphatic carbocycles. The molecular formula is C11H16N4O3. The van der Waals surface area contributed by atoms with Crippen LogP contribution in [0, 0.1) is 0 Å². The van der Waals surface area contributed by atoms with Crippen molar-refractivity contribution in [1.29, 1.82) is 0 Å². The van der Waals surface area contributed by atoms with E-state index in [0.717, 1.165) is 0 Å². The van der Waals surface area contributed by atoms with Gasteiger partial charge in [-0.15, -0.1) is 0 Å². The number of nitrogens with two attached hydrogens (primary N) is 1. The number of amides is 1. The summed E-state index contributed by atoms with van der Waals surface area (Å²) in [6, 6.07) is 2.19. The predicted octanol–water partition coefficient (Wildman–Crippen LogP) is -0.360. The van der Waals surface area contributed by atoms with Crippen molar-refractivity contribution >= 4 is 11.7 Å². The van der Waals surface area contributed by atoms with Gasteiger partial charge in [0, 0.05) is 24.9 Å². The van der Waals surface area contributed by atoms with Gasteiger partial charge in [0.05, 0.1) is 6.04 Å². The zero-order chi connectivity index (χ0) is 13.7. The Kier molecular flexibility index (Phi) is 4.47. The molecule has 0 radical (unpaired) electrons. The van der Waals surface area contributed by atoms with E-state index in [-0.39, 0.29) is 17.0 Å². The van der Waals surface area contributed by atoms with Crippen molar-refractivity contribution in [1.82, 2.24) is 9.88 Å². The SMILES string of the molecule is CCC(NC(=O)c1ccn(C)c(=O)c1)/C(N)=N/O. The third-order valence-electron chi connectivity index (χ3n) is 2.55. The van der Waals surface area contributed by atoms with Gasteiger partial charge in [-0.05, 0) is 12.5 Å². The summed E-state index contributed by atoms with van der Waals surface area (Å²) in [5, 5.41) is 14.0. The number of oxime groups is 1. The molecule has 1 rings (SSSR count). The second kappa shape index (κ2) is 5.85. The van der Waals surface area contributed by atoms with Crippen LogP contribution in [0.2, 0.25) is 0 Å². The molecule has 1 amide bonds. The first-order valence-electron chi connectivity index (χ1n) is 5.44. The van der Waals surface area contributed by atoms with Crippen LogP contribution in [0.25, 0.3) is 0 Å². The maximum atomic E-state index is 11.8. The van der Waals surface area contributed by atoms with E-state index in [1.807, 2.05) is 0 Å². The second-order valence-electron chi connectivity index (χ2n) is 3.82. The van der Waals surface area contributed by atoms with E-state index in [1.165, 1.54) is 22.9 Å². The predicted molar refractivity (Wildman–Crippen MR) is 66.6 cm³/mol. The highest BCUT2D eigenvalue weighted by atomic mass is 16.4. The van der Waals surface area contributed by atoms with Crippen LogP contribution in [0.3, 0.4) is 0 Å². The van der Waals surface area contributed by atoms with Crippen LogP contribution in [-0.4, -0.2) is 27.6 Å². The smallest absolute Gasteiger partial charge is 0.252 e. The van der Waals surface area contributed by atoms with Crippen molar-refractivity contribution in [2.24, 2.45) is 17.9 Å². The quantitative estimate of drug-likeness (QED) is 0.294. The van der Waals surface area contributed by atoms with Crippen molar-refractivity contribution in [2.75, 3.05) is 0 Å². The molecule has 0 saturated carbocycles. The van der Waals surface area contributed by atoms with Gasteiger partial charge in [0.15, 0.2) is 5.84 Å². The number of amidine groups is 1. The number of nitrogens with one attached hydrogen (secondary N) is 1. The Morgan fingerprint density at radius 2 is 2.33 bits per heavy atom. The van der Waals surface area contributed by atoms with Crippen LogP contribution >= 0.6 is 0 Å². The Morgan fingerprint density at radius 1 is 1.67 bits per heavy atom. The molecule has 0 saturated heterocycles. The molecule has 98 valence electrons.